The number of unbranched alkanes of at least 4 members (excludes halogenated alkanes) is 4. The van der Waals surface area contributed by atoms with Crippen molar-refractivity contribution >= 4 is 14.5 Å². The quantitative estimate of drug-likeness (QED) is 0.386. The highest BCUT2D eigenvalue weighted by Gasteiger charge is 2.20. The molecule has 15 heavy (non-hydrogen) atoms. The van der Waals surface area contributed by atoms with Crippen LogP contribution in [-0.2, 0) is 3.79 Å². The standard InChI is InChI=1S/2C5H11.C3H7O.Al/c2*1-3-5-4-2;1-3(2)4;/h2*1,3-5H2,2H3;3H,1-2H3;/q;;-1;+1. The molecule has 90 valence electrons. The van der Waals surface area contributed by atoms with E-state index in [1.807, 2.05) is 0 Å². The van der Waals surface area contributed by atoms with Gasteiger partial charge in [-0.1, -0.05) is 62.9 Å². The maximum absolute atomic E-state index is 6.08. The van der Waals surface area contributed by atoms with Gasteiger partial charge in [0.25, 0.3) is 0 Å². The Labute approximate surface area is 101 Å². The molecule has 1 nitrogen and oxygen atoms in total. The summed E-state index contributed by atoms with van der Waals surface area (Å²) in [5.74, 6) is 0. The lowest BCUT2D eigenvalue weighted by molar-refractivity contribution is 0.239. The van der Waals surface area contributed by atoms with Crippen LogP contribution in [0.25, 0.3) is 0 Å². The molecule has 0 unspecified atom stereocenters. The van der Waals surface area contributed by atoms with E-state index < -0.39 is 14.5 Å². The SMILES string of the molecule is CCCC[CH2][Al]([CH2]CCCC)[O]C(C)C. The van der Waals surface area contributed by atoms with Crippen LogP contribution in [0.1, 0.15) is 66.2 Å². The molecule has 0 heterocycles. The maximum Gasteiger partial charge on any atom is 0.460 e. The predicted molar refractivity (Wildman–Crippen MR) is 70.6 cm³/mol. The molecule has 0 aromatic heterocycles. The first-order valence-electron chi connectivity index (χ1n) is 6.86. The largest absolute Gasteiger partial charge is 0.499 e. The summed E-state index contributed by atoms with van der Waals surface area (Å²) in [6.07, 6.45) is 8.68. The summed E-state index contributed by atoms with van der Waals surface area (Å²) >= 11 is -0.855. The van der Waals surface area contributed by atoms with Crippen LogP contribution in [0.2, 0.25) is 10.6 Å². The first-order chi connectivity index (χ1) is 7.20. The molecule has 0 saturated heterocycles. The zero-order valence-corrected chi connectivity index (χ0v) is 12.4. The van der Waals surface area contributed by atoms with Crippen LogP contribution in [0.5, 0.6) is 0 Å². The molecular weight excluding hydrogens is 199 g/mol. The zero-order chi connectivity index (χ0) is 11.5. The van der Waals surface area contributed by atoms with Gasteiger partial charge in [-0.15, -0.1) is 0 Å². The van der Waals surface area contributed by atoms with Crippen molar-refractivity contribution in [2.24, 2.45) is 0 Å². The van der Waals surface area contributed by atoms with E-state index in [0.29, 0.717) is 6.10 Å². The highest BCUT2D eigenvalue weighted by atomic mass is 27.2. The van der Waals surface area contributed by atoms with Gasteiger partial charge in [0.1, 0.15) is 0 Å². The van der Waals surface area contributed by atoms with E-state index in [1.165, 1.54) is 49.1 Å². The van der Waals surface area contributed by atoms with Crippen LogP contribution in [0.15, 0.2) is 0 Å². The highest BCUT2D eigenvalue weighted by molar-refractivity contribution is 6.51. The third-order valence-electron chi connectivity index (χ3n) is 2.72. The molecule has 0 saturated carbocycles. The van der Waals surface area contributed by atoms with E-state index in [2.05, 4.69) is 27.7 Å². The third-order valence-corrected chi connectivity index (χ3v) is 5.76. The van der Waals surface area contributed by atoms with Crippen molar-refractivity contribution in [1.29, 1.82) is 0 Å². The smallest absolute Gasteiger partial charge is 0.460 e. The number of hydrogen-bond donors (Lipinski definition) is 0. The lowest BCUT2D eigenvalue weighted by Gasteiger charge is -2.16. The van der Waals surface area contributed by atoms with Crippen molar-refractivity contribution in [1.82, 2.24) is 0 Å². The molecule has 0 aliphatic heterocycles. The molecule has 0 atom stereocenters. The fraction of sp³-hybridized carbons (Fsp3) is 1.00. The summed E-state index contributed by atoms with van der Waals surface area (Å²) in [7, 11) is 0. The minimum atomic E-state index is -0.855. The average molecular weight is 228 g/mol. The summed E-state index contributed by atoms with van der Waals surface area (Å²) in [6, 6.07) is 0. The zero-order valence-electron chi connectivity index (χ0n) is 11.2. The molecule has 0 rings (SSSR count). The fourth-order valence-corrected chi connectivity index (χ4v) is 4.73. The summed E-state index contributed by atoms with van der Waals surface area (Å²) in [6.45, 7) is 8.91. The number of rotatable bonds is 10. The van der Waals surface area contributed by atoms with Crippen LogP contribution in [0.3, 0.4) is 0 Å². The van der Waals surface area contributed by atoms with Gasteiger partial charge in [0.15, 0.2) is 0 Å². The van der Waals surface area contributed by atoms with E-state index in [4.69, 9.17) is 3.79 Å². The molecule has 0 radical (unpaired) electrons. The van der Waals surface area contributed by atoms with Crippen LogP contribution >= 0.6 is 0 Å². The monoisotopic (exact) mass is 228 g/mol. The maximum atomic E-state index is 6.08. The van der Waals surface area contributed by atoms with Gasteiger partial charge < -0.3 is 3.79 Å². The minimum absolute atomic E-state index is 0.449. The predicted octanol–water partition coefficient (Wildman–Crippen LogP) is 4.78. The molecule has 0 bridgehead atoms. The Morgan fingerprint density at radius 2 is 1.33 bits per heavy atom. The Kier molecular flexibility index (Phi) is 11.4. The Morgan fingerprint density at radius 1 is 0.867 bits per heavy atom. The summed E-state index contributed by atoms with van der Waals surface area (Å²) < 4.78 is 6.08. The van der Waals surface area contributed by atoms with Crippen molar-refractivity contribution < 1.29 is 3.79 Å². The van der Waals surface area contributed by atoms with E-state index in [1.54, 1.807) is 0 Å². The average Bonchev–Trinajstić information content (AvgIpc) is 2.17. The van der Waals surface area contributed by atoms with Gasteiger partial charge in [0.05, 0.1) is 0 Å². The summed E-state index contributed by atoms with van der Waals surface area (Å²) in [4.78, 5) is 0. The Hall–Kier alpha value is 0.492. The van der Waals surface area contributed by atoms with Crippen molar-refractivity contribution in [2.75, 3.05) is 0 Å². The minimum Gasteiger partial charge on any atom is -0.499 e. The second-order valence-electron chi connectivity index (χ2n) is 4.80. The Bertz CT molecular complexity index is 116. The second kappa shape index (κ2) is 11.0. The van der Waals surface area contributed by atoms with Gasteiger partial charge in [-0.2, -0.15) is 0 Å². The molecule has 0 aliphatic carbocycles. The van der Waals surface area contributed by atoms with Gasteiger partial charge in [0.2, 0.25) is 0 Å². The molecule has 0 N–H and O–H groups in total. The van der Waals surface area contributed by atoms with Crippen molar-refractivity contribution in [2.45, 2.75) is 82.9 Å². The van der Waals surface area contributed by atoms with Gasteiger partial charge in [-0.3, -0.25) is 0 Å². The van der Waals surface area contributed by atoms with Gasteiger partial charge in [-0.05, 0) is 13.8 Å². The fourth-order valence-electron chi connectivity index (χ4n) is 1.91. The molecule has 0 amide bonds. The van der Waals surface area contributed by atoms with Gasteiger partial charge in [0, 0.05) is 6.10 Å². The third kappa shape index (κ3) is 10.8. The van der Waals surface area contributed by atoms with Gasteiger partial charge in [-0.25, -0.2) is 0 Å². The highest BCUT2D eigenvalue weighted by Crippen LogP contribution is 2.14. The molecular formula is C13H29AlO. The van der Waals surface area contributed by atoms with Crippen LogP contribution in [-0.4, -0.2) is 20.6 Å². The Morgan fingerprint density at radius 3 is 1.67 bits per heavy atom. The molecule has 0 fully saturated rings. The first-order valence-corrected chi connectivity index (χ1v) is 8.96. The lowest BCUT2D eigenvalue weighted by atomic mass is 10.3. The van der Waals surface area contributed by atoms with Crippen molar-refractivity contribution in [3.8, 4) is 0 Å². The second-order valence-corrected chi connectivity index (χ2v) is 7.47. The first kappa shape index (κ1) is 15.5. The number of hydrogen-bond acceptors (Lipinski definition) is 1. The summed E-state index contributed by atoms with van der Waals surface area (Å²) in [5.41, 5.74) is 0. The van der Waals surface area contributed by atoms with Gasteiger partial charge >= 0.3 is 14.5 Å². The van der Waals surface area contributed by atoms with Crippen molar-refractivity contribution in [3.63, 3.8) is 0 Å². The van der Waals surface area contributed by atoms with Crippen LogP contribution < -0.4 is 0 Å². The molecule has 0 aromatic carbocycles. The normalized spacial score (nSPS) is 11.0. The van der Waals surface area contributed by atoms with Crippen LogP contribution in [0.4, 0.5) is 0 Å². The van der Waals surface area contributed by atoms with Crippen LogP contribution in [0, 0.1) is 0 Å². The van der Waals surface area contributed by atoms with Crippen molar-refractivity contribution in [3.05, 3.63) is 0 Å². The summed E-state index contributed by atoms with van der Waals surface area (Å²) in [5, 5.41) is 2.80. The lowest BCUT2D eigenvalue weighted by Crippen LogP contribution is -2.22. The van der Waals surface area contributed by atoms with E-state index in [0.717, 1.165) is 0 Å². The molecule has 0 aliphatic rings. The van der Waals surface area contributed by atoms with E-state index >= 15 is 0 Å². The Balaban J connectivity index is 3.63. The van der Waals surface area contributed by atoms with E-state index in [-0.39, 0.29) is 0 Å². The molecule has 0 spiro atoms. The van der Waals surface area contributed by atoms with E-state index in [9.17, 15) is 0 Å². The topological polar surface area (TPSA) is 9.23 Å². The molecule has 2 heteroatoms. The molecule has 0 aromatic rings.